The molecule has 0 bridgehead atoms. The van der Waals surface area contributed by atoms with Crippen molar-refractivity contribution in [3.63, 3.8) is 0 Å². The van der Waals surface area contributed by atoms with Crippen molar-refractivity contribution in [2.75, 3.05) is 13.1 Å². The lowest BCUT2D eigenvalue weighted by atomic mass is 9.89. The second kappa shape index (κ2) is 4.52. The van der Waals surface area contributed by atoms with E-state index in [1.54, 1.807) is 0 Å². The molecule has 3 nitrogen and oxygen atoms in total. The molecule has 17 heavy (non-hydrogen) atoms. The molecule has 2 fully saturated rings. The number of rotatable bonds is 4. The van der Waals surface area contributed by atoms with Crippen molar-refractivity contribution in [1.82, 2.24) is 5.32 Å². The van der Waals surface area contributed by atoms with Gasteiger partial charge in [-0.05, 0) is 18.3 Å². The average Bonchev–Trinajstić information content (AvgIpc) is 2.73. The van der Waals surface area contributed by atoms with E-state index in [1.165, 1.54) is 25.7 Å². The van der Waals surface area contributed by atoms with E-state index < -0.39 is 24.4 Å². The zero-order valence-corrected chi connectivity index (χ0v) is 10.1. The lowest BCUT2D eigenvalue weighted by molar-refractivity contribution is -0.159. The molecule has 1 saturated heterocycles. The van der Waals surface area contributed by atoms with Gasteiger partial charge >= 0.3 is 11.9 Å². The van der Waals surface area contributed by atoms with Gasteiger partial charge in [-0.2, -0.15) is 8.78 Å². The van der Waals surface area contributed by atoms with Crippen LogP contribution in [0.5, 0.6) is 0 Å². The minimum atomic E-state index is -3.29. The molecule has 1 aliphatic carbocycles. The lowest BCUT2D eigenvalue weighted by Gasteiger charge is -2.24. The molecule has 1 saturated carbocycles. The van der Waals surface area contributed by atoms with Gasteiger partial charge in [-0.15, -0.1) is 0 Å². The van der Waals surface area contributed by atoms with Crippen molar-refractivity contribution in [1.29, 1.82) is 0 Å². The molecule has 5 heteroatoms. The summed E-state index contributed by atoms with van der Waals surface area (Å²) >= 11 is 0. The first kappa shape index (κ1) is 12.7. The van der Waals surface area contributed by atoms with Crippen LogP contribution in [0.4, 0.5) is 8.78 Å². The van der Waals surface area contributed by atoms with Crippen LogP contribution in [0.3, 0.4) is 0 Å². The summed E-state index contributed by atoms with van der Waals surface area (Å²) in [7, 11) is 0. The molecule has 0 aromatic rings. The van der Waals surface area contributed by atoms with E-state index >= 15 is 0 Å². The van der Waals surface area contributed by atoms with Crippen molar-refractivity contribution in [3.05, 3.63) is 0 Å². The summed E-state index contributed by atoms with van der Waals surface area (Å²) in [5, 5.41) is 3.16. The van der Waals surface area contributed by atoms with Gasteiger partial charge in [-0.1, -0.05) is 19.8 Å². The molecule has 1 heterocycles. The maximum Gasteiger partial charge on any atom is 0.377 e. The Bertz CT molecular complexity index is 301. The van der Waals surface area contributed by atoms with E-state index in [4.69, 9.17) is 0 Å². The Morgan fingerprint density at radius 1 is 1.41 bits per heavy atom. The molecule has 0 amide bonds. The van der Waals surface area contributed by atoms with Gasteiger partial charge in [0, 0.05) is 13.1 Å². The minimum absolute atomic E-state index is 0.283. The van der Waals surface area contributed by atoms with Crippen molar-refractivity contribution in [3.8, 4) is 0 Å². The summed E-state index contributed by atoms with van der Waals surface area (Å²) in [4.78, 5) is 10.8. The fraction of sp³-hybridized carbons (Fsp3) is 0.917. The number of nitrogens with one attached hydrogen (secondary N) is 1. The normalized spacial score (nSPS) is 30.5. The molecule has 1 unspecified atom stereocenters. The molecule has 0 spiro atoms. The Morgan fingerprint density at radius 2 is 2.06 bits per heavy atom. The smallest absolute Gasteiger partial charge is 0.377 e. The van der Waals surface area contributed by atoms with Crippen LogP contribution in [0, 0.1) is 5.41 Å². The van der Waals surface area contributed by atoms with Crippen LogP contribution in [-0.2, 0) is 9.53 Å². The Hall–Kier alpha value is -0.710. The summed E-state index contributed by atoms with van der Waals surface area (Å²) in [6, 6.07) is 0. The SMILES string of the molecule is CC1(CNCC2CC(F)(F)C(=O)O2)CCCC1. The van der Waals surface area contributed by atoms with E-state index in [0.717, 1.165) is 6.54 Å². The highest BCUT2D eigenvalue weighted by Gasteiger charge is 2.50. The van der Waals surface area contributed by atoms with E-state index in [-0.39, 0.29) is 5.41 Å². The third-order valence-electron chi connectivity index (χ3n) is 3.79. The van der Waals surface area contributed by atoms with Crippen molar-refractivity contribution < 1.29 is 18.3 Å². The highest BCUT2D eigenvalue weighted by atomic mass is 19.3. The molecule has 2 aliphatic rings. The van der Waals surface area contributed by atoms with Crippen LogP contribution in [-0.4, -0.2) is 31.1 Å². The molecule has 1 N–H and O–H groups in total. The first-order chi connectivity index (χ1) is 7.91. The number of ether oxygens (including phenoxy) is 1. The number of hydrogen-bond donors (Lipinski definition) is 1. The number of halogens is 2. The van der Waals surface area contributed by atoms with Crippen LogP contribution in [0.15, 0.2) is 0 Å². The van der Waals surface area contributed by atoms with Crippen LogP contribution >= 0.6 is 0 Å². The second-order valence-corrected chi connectivity index (χ2v) is 5.58. The fourth-order valence-electron chi connectivity index (χ4n) is 2.70. The minimum Gasteiger partial charge on any atom is -0.456 e. The van der Waals surface area contributed by atoms with E-state index in [9.17, 15) is 13.6 Å². The Kier molecular flexibility index (Phi) is 3.39. The van der Waals surface area contributed by atoms with E-state index in [1.807, 2.05) is 0 Å². The van der Waals surface area contributed by atoms with Gasteiger partial charge in [0.1, 0.15) is 6.10 Å². The van der Waals surface area contributed by atoms with Crippen LogP contribution in [0.2, 0.25) is 0 Å². The molecular weight excluding hydrogens is 228 g/mol. The van der Waals surface area contributed by atoms with Gasteiger partial charge < -0.3 is 10.1 Å². The molecule has 1 aliphatic heterocycles. The zero-order chi connectivity index (χ0) is 12.5. The van der Waals surface area contributed by atoms with Crippen LogP contribution in [0.1, 0.15) is 39.0 Å². The first-order valence-corrected chi connectivity index (χ1v) is 6.21. The topological polar surface area (TPSA) is 38.3 Å². The van der Waals surface area contributed by atoms with Crippen molar-refractivity contribution >= 4 is 5.97 Å². The van der Waals surface area contributed by atoms with Gasteiger partial charge in [-0.25, -0.2) is 4.79 Å². The van der Waals surface area contributed by atoms with Crippen LogP contribution < -0.4 is 5.32 Å². The summed E-state index contributed by atoms with van der Waals surface area (Å²) in [6.07, 6.45) is 3.68. The number of carbonyl (C=O) groups is 1. The number of carbonyl (C=O) groups excluding carboxylic acids is 1. The predicted molar refractivity (Wildman–Crippen MR) is 58.9 cm³/mol. The quantitative estimate of drug-likeness (QED) is 0.773. The monoisotopic (exact) mass is 247 g/mol. The van der Waals surface area contributed by atoms with Gasteiger partial charge in [0.25, 0.3) is 0 Å². The Labute approximate surface area is 99.9 Å². The third-order valence-corrected chi connectivity index (χ3v) is 3.79. The second-order valence-electron chi connectivity index (χ2n) is 5.58. The standard InChI is InChI=1S/C12H19F2NO2/c1-11(4-2-3-5-11)8-15-7-9-6-12(13,14)10(16)17-9/h9,15H,2-8H2,1H3. The number of alkyl halides is 2. The highest BCUT2D eigenvalue weighted by molar-refractivity contribution is 5.79. The maximum atomic E-state index is 12.9. The largest absolute Gasteiger partial charge is 0.456 e. The number of cyclic esters (lactones) is 1. The van der Waals surface area contributed by atoms with Gasteiger partial charge in [0.15, 0.2) is 0 Å². The van der Waals surface area contributed by atoms with Crippen molar-refractivity contribution in [2.45, 2.75) is 51.1 Å². The molecule has 0 aromatic heterocycles. The predicted octanol–water partition coefficient (Wildman–Crippen LogP) is 2.11. The summed E-state index contributed by atoms with van der Waals surface area (Å²) in [5.74, 6) is -4.67. The van der Waals surface area contributed by atoms with Gasteiger partial charge in [0.05, 0.1) is 6.42 Å². The van der Waals surface area contributed by atoms with Crippen LogP contribution in [0.25, 0.3) is 0 Å². The third kappa shape index (κ3) is 2.94. The first-order valence-electron chi connectivity index (χ1n) is 6.21. The van der Waals surface area contributed by atoms with Crippen molar-refractivity contribution in [2.24, 2.45) is 5.41 Å². The number of esters is 1. The Morgan fingerprint density at radius 3 is 2.59 bits per heavy atom. The number of hydrogen-bond acceptors (Lipinski definition) is 3. The molecule has 98 valence electrons. The molecular formula is C12H19F2NO2. The molecule has 1 atom stereocenters. The molecule has 0 aromatic carbocycles. The Balaban J connectivity index is 1.71. The van der Waals surface area contributed by atoms with Gasteiger partial charge in [0.2, 0.25) is 0 Å². The fourth-order valence-corrected chi connectivity index (χ4v) is 2.70. The van der Waals surface area contributed by atoms with E-state index in [2.05, 4.69) is 17.0 Å². The average molecular weight is 247 g/mol. The summed E-state index contributed by atoms with van der Waals surface area (Å²) in [6.45, 7) is 3.35. The molecule has 0 radical (unpaired) electrons. The lowest BCUT2D eigenvalue weighted by Crippen LogP contribution is -2.35. The molecule has 2 rings (SSSR count). The zero-order valence-electron chi connectivity index (χ0n) is 10.1. The highest BCUT2D eigenvalue weighted by Crippen LogP contribution is 2.37. The maximum absolute atomic E-state index is 12.9. The summed E-state index contributed by atoms with van der Waals surface area (Å²) < 4.78 is 30.4. The van der Waals surface area contributed by atoms with Gasteiger partial charge in [-0.3, -0.25) is 0 Å². The summed E-state index contributed by atoms with van der Waals surface area (Å²) in [5.41, 5.74) is 0.283. The van der Waals surface area contributed by atoms with E-state index in [0.29, 0.717) is 6.54 Å².